The van der Waals surface area contributed by atoms with Crippen LogP contribution in [0.3, 0.4) is 0 Å². The number of aromatic nitrogens is 3. The molecule has 3 rings (SSSR count). The Morgan fingerprint density at radius 1 is 1.08 bits per heavy atom. The van der Waals surface area contributed by atoms with E-state index in [0.29, 0.717) is 10.9 Å². The molecule has 26 heavy (non-hydrogen) atoms. The van der Waals surface area contributed by atoms with Crippen molar-refractivity contribution >= 4 is 17.5 Å². The van der Waals surface area contributed by atoms with Gasteiger partial charge in [0, 0.05) is 5.75 Å². The van der Waals surface area contributed by atoms with Crippen LogP contribution in [0.15, 0.2) is 34.5 Å². The third-order valence-electron chi connectivity index (χ3n) is 4.10. The molecule has 0 saturated carbocycles. The molecule has 0 aliphatic carbocycles. The molecule has 1 aliphatic heterocycles. The molecule has 1 aliphatic rings. The van der Waals surface area contributed by atoms with Gasteiger partial charge in [-0.3, -0.25) is 0 Å². The summed E-state index contributed by atoms with van der Waals surface area (Å²) < 4.78 is 1.31. The highest BCUT2D eigenvalue weighted by atomic mass is 32.2. The molecule has 1 aromatic carbocycles. The Kier molecular flexibility index (Phi) is 5.70. The summed E-state index contributed by atoms with van der Waals surface area (Å²) >= 11 is 1.38. The van der Waals surface area contributed by atoms with Gasteiger partial charge in [-0.1, -0.05) is 41.6 Å². The summed E-state index contributed by atoms with van der Waals surface area (Å²) in [6.45, 7) is 1.23. The third kappa shape index (κ3) is 3.65. The molecule has 9 nitrogen and oxygen atoms in total. The summed E-state index contributed by atoms with van der Waals surface area (Å²) in [7, 11) is 0. The summed E-state index contributed by atoms with van der Waals surface area (Å²) in [4.78, 5) is 0. The fourth-order valence-electron chi connectivity index (χ4n) is 2.49. The van der Waals surface area contributed by atoms with Gasteiger partial charge in [0.25, 0.3) is 0 Å². The van der Waals surface area contributed by atoms with E-state index in [-0.39, 0.29) is 5.82 Å². The van der Waals surface area contributed by atoms with Crippen LogP contribution in [0.1, 0.15) is 23.1 Å². The van der Waals surface area contributed by atoms with Crippen LogP contribution < -0.4 is 0 Å². The Balaban J connectivity index is 1.89. The maximum absolute atomic E-state index is 10.3. The van der Waals surface area contributed by atoms with Gasteiger partial charge in [0.05, 0.1) is 12.3 Å². The number of hydrogen-bond donors (Lipinski definition) is 5. The highest BCUT2D eigenvalue weighted by Gasteiger charge is 2.35. The van der Waals surface area contributed by atoms with Gasteiger partial charge in [0.15, 0.2) is 5.82 Å². The second-order valence-corrected chi connectivity index (χ2v) is 6.97. The molecule has 2 heterocycles. The number of nitrogens with zero attached hydrogens (tertiary/aromatic N) is 4. The average molecular weight is 380 g/mol. The van der Waals surface area contributed by atoms with Crippen molar-refractivity contribution in [1.29, 1.82) is 0 Å². The second-order valence-electron chi connectivity index (χ2n) is 6.03. The monoisotopic (exact) mass is 380 g/mol. The molecule has 0 bridgehead atoms. The van der Waals surface area contributed by atoms with Crippen molar-refractivity contribution < 1.29 is 25.5 Å². The molecule has 0 unspecified atom stereocenters. The molecular formula is C16H20N4O5S. The third-order valence-corrected chi connectivity index (χ3v) is 5.03. The first-order valence-electron chi connectivity index (χ1n) is 7.98. The van der Waals surface area contributed by atoms with E-state index in [4.69, 9.17) is 5.11 Å². The van der Waals surface area contributed by atoms with E-state index in [1.807, 2.05) is 31.2 Å². The topological polar surface area (TPSA) is 144 Å². The van der Waals surface area contributed by atoms with Crippen LogP contribution in [-0.2, 0) is 0 Å². The lowest BCUT2D eigenvalue weighted by molar-refractivity contribution is -0.118. The molecule has 0 saturated heterocycles. The number of aryl methyl sites for hydroxylation is 1. The van der Waals surface area contributed by atoms with Gasteiger partial charge in [-0.15, -0.1) is 10.2 Å². The zero-order valence-corrected chi connectivity index (χ0v) is 14.8. The van der Waals surface area contributed by atoms with Gasteiger partial charge in [-0.2, -0.15) is 9.78 Å². The van der Waals surface area contributed by atoms with Crippen molar-refractivity contribution in [1.82, 2.24) is 14.9 Å². The van der Waals surface area contributed by atoms with E-state index < -0.39 is 31.0 Å². The average Bonchev–Trinajstić information content (AvgIpc) is 3.09. The van der Waals surface area contributed by atoms with E-state index in [0.717, 1.165) is 16.8 Å². The first-order chi connectivity index (χ1) is 12.4. The van der Waals surface area contributed by atoms with E-state index in [1.165, 1.54) is 16.4 Å². The Morgan fingerprint density at radius 2 is 1.77 bits per heavy atom. The van der Waals surface area contributed by atoms with E-state index in [2.05, 4.69) is 15.3 Å². The first-order valence-corrected chi connectivity index (χ1v) is 8.97. The molecule has 0 spiro atoms. The van der Waals surface area contributed by atoms with E-state index >= 15 is 0 Å². The van der Waals surface area contributed by atoms with Gasteiger partial charge < -0.3 is 25.5 Å². The Bertz CT molecular complexity index is 794. The van der Waals surface area contributed by atoms with Crippen molar-refractivity contribution in [3.05, 3.63) is 41.2 Å². The summed E-state index contributed by atoms with van der Waals surface area (Å²) in [6, 6.07) is 7.82. The Morgan fingerprint density at radius 3 is 2.42 bits per heavy atom. The van der Waals surface area contributed by atoms with Crippen molar-refractivity contribution in [2.75, 3.05) is 12.4 Å². The maximum Gasteiger partial charge on any atom is 0.212 e. The van der Waals surface area contributed by atoms with Crippen molar-refractivity contribution in [3.63, 3.8) is 0 Å². The van der Waals surface area contributed by atoms with Gasteiger partial charge in [0.1, 0.15) is 24.4 Å². The quantitative estimate of drug-likeness (QED) is 0.432. The van der Waals surface area contributed by atoms with E-state index in [1.54, 1.807) is 0 Å². The minimum atomic E-state index is -1.77. The molecule has 5 N–H and O–H groups in total. The molecule has 0 amide bonds. The van der Waals surface area contributed by atoms with Crippen LogP contribution in [-0.4, -0.2) is 76.8 Å². The molecule has 0 radical (unpaired) electrons. The summed E-state index contributed by atoms with van der Waals surface area (Å²) in [5.41, 5.74) is 2.79. The fraction of sp³-hybridized carbons (Fsp3) is 0.438. The lowest BCUT2D eigenvalue weighted by Crippen LogP contribution is -2.43. The predicted molar refractivity (Wildman–Crippen MR) is 93.9 cm³/mol. The highest BCUT2D eigenvalue weighted by Crippen LogP contribution is 2.28. The van der Waals surface area contributed by atoms with Crippen molar-refractivity contribution in [2.24, 2.45) is 5.10 Å². The molecule has 140 valence electrons. The predicted octanol–water partition coefficient (Wildman–Crippen LogP) is -0.947. The van der Waals surface area contributed by atoms with Crippen molar-refractivity contribution in [3.8, 4) is 0 Å². The van der Waals surface area contributed by atoms with Gasteiger partial charge in [-0.05, 0) is 12.5 Å². The Hall–Kier alpha value is -1.82. The number of fused-ring (bicyclic) bond motifs is 1. The standard InChI is InChI=1S/C16H20N4O5S/c1-8-2-4-9(5-3-8)10-7-26-16-18-17-15(20(16)19-10)14(25)13(24)12(23)11(22)6-21/h2-5,11-14,21-25H,6-7H2,1H3/t11-,12-,13+,14-/m1/s1. The largest absolute Gasteiger partial charge is 0.394 e. The normalized spacial score (nSPS) is 18.6. The number of aliphatic hydroxyl groups is 5. The van der Waals surface area contributed by atoms with Crippen LogP contribution in [0, 0.1) is 6.92 Å². The van der Waals surface area contributed by atoms with Crippen LogP contribution >= 0.6 is 11.8 Å². The zero-order valence-electron chi connectivity index (χ0n) is 14.0. The van der Waals surface area contributed by atoms with Gasteiger partial charge >= 0.3 is 0 Å². The smallest absolute Gasteiger partial charge is 0.212 e. The minimum absolute atomic E-state index is 0.0616. The number of benzene rings is 1. The van der Waals surface area contributed by atoms with E-state index in [9.17, 15) is 20.4 Å². The number of thioether (sulfide) groups is 1. The molecule has 10 heteroatoms. The highest BCUT2D eigenvalue weighted by molar-refractivity contribution is 7.99. The molecular weight excluding hydrogens is 360 g/mol. The number of hydrogen-bond acceptors (Lipinski definition) is 9. The summed E-state index contributed by atoms with van der Waals surface area (Å²) in [5.74, 6) is 0.514. The lowest BCUT2D eigenvalue weighted by atomic mass is 10.0. The second kappa shape index (κ2) is 7.82. The lowest BCUT2D eigenvalue weighted by Gasteiger charge is -2.25. The summed E-state index contributed by atoms with van der Waals surface area (Å²) in [6.07, 6.45) is -6.76. The van der Waals surface area contributed by atoms with Crippen LogP contribution in [0.4, 0.5) is 0 Å². The van der Waals surface area contributed by atoms with Crippen LogP contribution in [0.2, 0.25) is 0 Å². The summed E-state index contributed by atoms with van der Waals surface area (Å²) in [5, 5.41) is 61.2. The molecule has 0 fully saturated rings. The molecule has 2 aromatic rings. The SMILES string of the molecule is Cc1ccc(C2=Nn3c(nnc3[C@H](O)[C@@H](O)[C@H](O)[C@H](O)CO)SC2)cc1. The zero-order chi connectivity index (χ0) is 18.8. The Labute approximate surface area is 153 Å². The minimum Gasteiger partial charge on any atom is -0.394 e. The van der Waals surface area contributed by atoms with Gasteiger partial charge in [-0.25, -0.2) is 0 Å². The van der Waals surface area contributed by atoms with Gasteiger partial charge in [0.2, 0.25) is 5.16 Å². The molecule has 4 atom stereocenters. The first kappa shape index (κ1) is 19.0. The fourth-order valence-corrected chi connectivity index (χ4v) is 3.34. The number of rotatable bonds is 6. The van der Waals surface area contributed by atoms with Crippen molar-refractivity contribution in [2.45, 2.75) is 36.5 Å². The maximum atomic E-state index is 10.3. The van der Waals surface area contributed by atoms with Crippen LogP contribution in [0.5, 0.6) is 0 Å². The van der Waals surface area contributed by atoms with Crippen LogP contribution in [0.25, 0.3) is 0 Å². The number of aliphatic hydroxyl groups excluding tert-OH is 5. The molecule has 1 aromatic heterocycles.